The molecule has 0 fully saturated rings. The molecule has 0 atom stereocenters. The minimum atomic E-state index is 0.446. The maximum Gasteiger partial charge on any atom is 0.162 e. The highest BCUT2D eigenvalue weighted by Gasteiger charge is 2.10. The van der Waals surface area contributed by atoms with Crippen LogP contribution in [-0.4, -0.2) is 23.6 Å². The summed E-state index contributed by atoms with van der Waals surface area (Å²) in [5, 5.41) is 3.96. The van der Waals surface area contributed by atoms with Gasteiger partial charge in [-0.3, -0.25) is 0 Å². The molecule has 4 nitrogen and oxygen atoms in total. The third kappa shape index (κ3) is 4.40. The third-order valence-electron chi connectivity index (χ3n) is 2.80. The molecule has 0 bridgehead atoms. The Hall–Kier alpha value is -1.17. The first-order chi connectivity index (χ1) is 10.1. The molecule has 0 saturated carbocycles. The van der Waals surface area contributed by atoms with Crippen LogP contribution in [0.15, 0.2) is 28.7 Å². The first kappa shape index (κ1) is 16.2. The Bertz CT molecular complexity index is 622. The molecule has 0 amide bonds. The lowest BCUT2D eigenvalue weighted by atomic mass is 10.2. The standard InChI is InChI=1S/C15H17BrClN3O/c1-3-6-18-14-8-11(9-21-2)19-15(20-14)12-5-4-10(17)7-13(12)16/h4-5,7-8H,3,6,9H2,1-2H3,(H,18,19,20). The van der Waals surface area contributed by atoms with Gasteiger partial charge in [0.1, 0.15) is 5.82 Å². The number of hydrogen-bond acceptors (Lipinski definition) is 4. The van der Waals surface area contributed by atoms with Crippen LogP contribution in [0.25, 0.3) is 11.4 Å². The van der Waals surface area contributed by atoms with Gasteiger partial charge < -0.3 is 10.1 Å². The second kappa shape index (κ2) is 7.73. The topological polar surface area (TPSA) is 47.0 Å². The molecule has 0 unspecified atom stereocenters. The Balaban J connectivity index is 2.43. The summed E-state index contributed by atoms with van der Waals surface area (Å²) in [6.45, 7) is 3.42. The molecule has 1 heterocycles. The maximum atomic E-state index is 5.98. The van der Waals surface area contributed by atoms with Gasteiger partial charge in [-0.15, -0.1) is 0 Å². The number of benzene rings is 1. The van der Waals surface area contributed by atoms with Crippen LogP contribution in [0, 0.1) is 0 Å². The monoisotopic (exact) mass is 369 g/mol. The van der Waals surface area contributed by atoms with E-state index in [-0.39, 0.29) is 0 Å². The fourth-order valence-electron chi connectivity index (χ4n) is 1.85. The third-order valence-corrected chi connectivity index (χ3v) is 3.69. The van der Waals surface area contributed by atoms with E-state index in [2.05, 4.69) is 38.1 Å². The van der Waals surface area contributed by atoms with Gasteiger partial charge in [0.2, 0.25) is 0 Å². The van der Waals surface area contributed by atoms with Crippen LogP contribution in [0.5, 0.6) is 0 Å². The molecule has 1 aromatic heterocycles. The number of halogens is 2. The fourth-order valence-corrected chi connectivity index (χ4v) is 2.71. The van der Waals surface area contributed by atoms with Gasteiger partial charge >= 0.3 is 0 Å². The molecule has 0 aliphatic heterocycles. The van der Waals surface area contributed by atoms with E-state index in [0.29, 0.717) is 17.5 Å². The Morgan fingerprint density at radius 2 is 2.10 bits per heavy atom. The largest absolute Gasteiger partial charge is 0.378 e. The molecule has 0 spiro atoms. The molecule has 1 aromatic carbocycles. The van der Waals surface area contributed by atoms with Gasteiger partial charge in [0, 0.05) is 34.8 Å². The Morgan fingerprint density at radius 1 is 1.29 bits per heavy atom. The van der Waals surface area contributed by atoms with Crippen molar-refractivity contribution in [3.8, 4) is 11.4 Å². The summed E-state index contributed by atoms with van der Waals surface area (Å²) >= 11 is 9.49. The summed E-state index contributed by atoms with van der Waals surface area (Å²) in [5.74, 6) is 1.45. The fraction of sp³-hybridized carbons (Fsp3) is 0.333. The smallest absolute Gasteiger partial charge is 0.162 e. The highest BCUT2D eigenvalue weighted by Crippen LogP contribution is 2.29. The van der Waals surface area contributed by atoms with E-state index in [0.717, 1.165) is 34.5 Å². The quantitative estimate of drug-likeness (QED) is 0.811. The van der Waals surface area contributed by atoms with Crippen LogP contribution < -0.4 is 5.32 Å². The Morgan fingerprint density at radius 3 is 2.76 bits per heavy atom. The zero-order chi connectivity index (χ0) is 15.2. The van der Waals surface area contributed by atoms with E-state index in [9.17, 15) is 0 Å². The predicted octanol–water partition coefficient (Wildman–Crippen LogP) is 4.53. The molecule has 0 saturated heterocycles. The summed E-state index contributed by atoms with van der Waals surface area (Å²) in [5.41, 5.74) is 1.74. The summed E-state index contributed by atoms with van der Waals surface area (Å²) in [6, 6.07) is 7.48. The second-order valence-electron chi connectivity index (χ2n) is 4.55. The highest BCUT2D eigenvalue weighted by molar-refractivity contribution is 9.10. The number of methoxy groups -OCH3 is 1. The number of anilines is 1. The van der Waals surface area contributed by atoms with Gasteiger partial charge in [-0.25, -0.2) is 9.97 Å². The van der Waals surface area contributed by atoms with E-state index in [1.54, 1.807) is 7.11 Å². The number of hydrogen-bond donors (Lipinski definition) is 1. The highest BCUT2D eigenvalue weighted by atomic mass is 79.9. The number of rotatable bonds is 6. The van der Waals surface area contributed by atoms with Crippen LogP contribution >= 0.6 is 27.5 Å². The normalized spacial score (nSPS) is 10.7. The van der Waals surface area contributed by atoms with Gasteiger partial charge in [0.15, 0.2) is 5.82 Å². The van der Waals surface area contributed by atoms with E-state index < -0.39 is 0 Å². The molecule has 6 heteroatoms. The number of nitrogens with zero attached hydrogens (tertiary/aromatic N) is 2. The second-order valence-corrected chi connectivity index (χ2v) is 5.84. The van der Waals surface area contributed by atoms with Crippen molar-refractivity contribution in [2.75, 3.05) is 19.0 Å². The Kier molecular flexibility index (Phi) is 5.96. The van der Waals surface area contributed by atoms with Crippen molar-refractivity contribution >= 4 is 33.3 Å². The molecule has 2 aromatic rings. The zero-order valence-corrected chi connectivity index (χ0v) is 14.3. The molecular weight excluding hydrogens is 354 g/mol. The van der Waals surface area contributed by atoms with Crippen LogP contribution in [0.1, 0.15) is 19.0 Å². The van der Waals surface area contributed by atoms with Crippen LogP contribution in [-0.2, 0) is 11.3 Å². The first-order valence-corrected chi connectivity index (χ1v) is 7.87. The lowest BCUT2D eigenvalue weighted by Crippen LogP contribution is -2.06. The van der Waals surface area contributed by atoms with Crippen molar-refractivity contribution in [1.82, 2.24) is 9.97 Å². The summed E-state index contributed by atoms with van der Waals surface area (Å²) in [4.78, 5) is 9.11. The van der Waals surface area contributed by atoms with Gasteiger partial charge in [-0.1, -0.05) is 18.5 Å². The van der Waals surface area contributed by atoms with Crippen molar-refractivity contribution in [3.63, 3.8) is 0 Å². The van der Waals surface area contributed by atoms with Crippen molar-refractivity contribution < 1.29 is 4.74 Å². The SMILES string of the molecule is CCCNc1cc(COC)nc(-c2ccc(Cl)cc2Br)n1. The molecule has 21 heavy (non-hydrogen) atoms. The summed E-state index contributed by atoms with van der Waals surface area (Å²) < 4.78 is 6.04. The van der Waals surface area contributed by atoms with Gasteiger partial charge in [0.25, 0.3) is 0 Å². The van der Waals surface area contributed by atoms with E-state index >= 15 is 0 Å². The number of ether oxygens (including phenoxy) is 1. The van der Waals surface area contributed by atoms with Crippen molar-refractivity contribution in [1.29, 1.82) is 0 Å². The minimum Gasteiger partial charge on any atom is -0.378 e. The zero-order valence-electron chi connectivity index (χ0n) is 12.0. The lowest BCUT2D eigenvalue weighted by Gasteiger charge is -2.10. The van der Waals surface area contributed by atoms with Crippen molar-refractivity contribution in [2.24, 2.45) is 0 Å². The summed E-state index contributed by atoms with van der Waals surface area (Å²) in [7, 11) is 1.65. The van der Waals surface area contributed by atoms with E-state index in [1.807, 2.05) is 24.3 Å². The molecule has 0 aliphatic carbocycles. The molecular formula is C15H17BrClN3O. The van der Waals surface area contributed by atoms with E-state index in [1.165, 1.54) is 0 Å². The average molecular weight is 371 g/mol. The van der Waals surface area contributed by atoms with Crippen LogP contribution in [0.2, 0.25) is 5.02 Å². The Labute approximate surface area is 138 Å². The van der Waals surface area contributed by atoms with Crippen molar-refractivity contribution in [3.05, 3.63) is 39.5 Å². The molecule has 2 rings (SSSR count). The molecule has 0 aliphatic rings. The van der Waals surface area contributed by atoms with Gasteiger partial charge in [-0.2, -0.15) is 0 Å². The number of aromatic nitrogens is 2. The van der Waals surface area contributed by atoms with Crippen LogP contribution in [0.3, 0.4) is 0 Å². The minimum absolute atomic E-state index is 0.446. The van der Waals surface area contributed by atoms with Crippen molar-refractivity contribution in [2.45, 2.75) is 20.0 Å². The molecule has 112 valence electrons. The predicted molar refractivity (Wildman–Crippen MR) is 89.7 cm³/mol. The van der Waals surface area contributed by atoms with Gasteiger partial charge in [0.05, 0.1) is 12.3 Å². The maximum absolute atomic E-state index is 5.98. The average Bonchev–Trinajstić information content (AvgIpc) is 2.45. The van der Waals surface area contributed by atoms with Gasteiger partial charge in [-0.05, 0) is 40.5 Å². The number of nitrogens with one attached hydrogen (secondary N) is 1. The lowest BCUT2D eigenvalue weighted by molar-refractivity contribution is 0.181. The molecule has 1 N–H and O–H groups in total. The summed E-state index contributed by atoms with van der Waals surface area (Å²) in [6.07, 6.45) is 1.03. The first-order valence-electron chi connectivity index (χ1n) is 6.70. The molecule has 0 radical (unpaired) electrons. The van der Waals surface area contributed by atoms with Crippen LogP contribution in [0.4, 0.5) is 5.82 Å². The van der Waals surface area contributed by atoms with E-state index in [4.69, 9.17) is 16.3 Å².